The molecule has 0 heterocycles. The molecule has 0 unspecified atom stereocenters. The molecule has 0 fully saturated rings. The molecule has 0 radical (unpaired) electrons. The minimum absolute atomic E-state index is 0.0854. The maximum atomic E-state index is 12.8. The second-order valence-corrected chi connectivity index (χ2v) is 17.9. The molecule has 0 bridgehead atoms. The van der Waals surface area contributed by atoms with E-state index in [1.165, 1.54) is 128 Å². The summed E-state index contributed by atoms with van der Waals surface area (Å²) < 4.78 is 72.8. The maximum absolute atomic E-state index is 12.8. The van der Waals surface area contributed by atoms with Gasteiger partial charge in [-0.1, -0.05) is 153 Å². The van der Waals surface area contributed by atoms with Gasteiger partial charge in [0.2, 0.25) is 0 Å². The Kier molecular flexibility index (Phi) is 23.3. The van der Waals surface area contributed by atoms with Gasteiger partial charge in [-0.3, -0.25) is 8.37 Å². The van der Waals surface area contributed by atoms with Crippen molar-refractivity contribution in [2.24, 2.45) is 0 Å². The zero-order valence-electron chi connectivity index (χ0n) is 35.4. The lowest BCUT2D eigenvalue weighted by atomic mass is 10.1. The molecule has 0 spiro atoms. The molecule has 0 aromatic heterocycles. The molecule has 8 nitrogen and oxygen atoms in total. The van der Waals surface area contributed by atoms with Crippen LogP contribution in [0.4, 0.5) is 0 Å². The van der Waals surface area contributed by atoms with Gasteiger partial charge < -0.3 is 9.47 Å². The fraction of sp³-hybridized carbons (Fsp3) is 0.542. The Morgan fingerprint density at radius 3 is 1.00 bits per heavy atom. The molecule has 0 aliphatic heterocycles. The third kappa shape index (κ3) is 18.4. The third-order valence-corrected chi connectivity index (χ3v) is 12.6. The molecule has 10 heteroatoms. The Morgan fingerprint density at radius 1 is 0.414 bits per heavy atom. The highest BCUT2D eigenvalue weighted by Gasteiger charge is 2.16. The summed E-state index contributed by atoms with van der Waals surface area (Å²) in [7, 11) is -4.67. The third-order valence-electron chi connectivity index (χ3n) is 9.97. The van der Waals surface area contributed by atoms with E-state index in [-0.39, 0.29) is 23.0 Å². The van der Waals surface area contributed by atoms with Crippen molar-refractivity contribution in [3.63, 3.8) is 0 Å². The van der Waals surface area contributed by atoms with Crippen LogP contribution in [0, 0.1) is 23.7 Å². The monoisotopic (exact) mass is 834 g/mol. The lowest BCUT2D eigenvalue weighted by Crippen LogP contribution is -2.07. The number of unbranched alkanes of at least 4 members (excludes halogenated alkanes) is 18. The highest BCUT2D eigenvalue weighted by atomic mass is 32.2. The second kappa shape index (κ2) is 27.8. The summed E-state index contributed by atoms with van der Waals surface area (Å²) in [5.41, 5.74) is 2.35. The topological polar surface area (TPSA) is 105 Å². The summed E-state index contributed by atoms with van der Waals surface area (Å²) in [5.74, 6) is 13.4. The van der Waals surface area contributed by atoms with Crippen molar-refractivity contribution < 1.29 is 34.7 Å². The minimum Gasteiger partial charge on any atom is -0.493 e. The van der Waals surface area contributed by atoms with Gasteiger partial charge in [0.15, 0.2) is 11.5 Å². The van der Waals surface area contributed by atoms with Gasteiger partial charge in [-0.15, -0.1) is 0 Å². The number of hydrogen-bond acceptors (Lipinski definition) is 8. The molecule has 3 aromatic rings. The number of rotatable bonds is 28. The summed E-state index contributed by atoms with van der Waals surface area (Å²) in [6.45, 7) is 4.78. The van der Waals surface area contributed by atoms with Crippen LogP contribution >= 0.6 is 0 Å². The molecular weight excluding hydrogens is 769 g/mol. The van der Waals surface area contributed by atoms with Crippen molar-refractivity contribution in [1.29, 1.82) is 0 Å². The van der Waals surface area contributed by atoms with Crippen molar-refractivity contribution in [1.82, 2.24) is 0 Å². The van der Waals surface area contributed by atoms with Crippen LogP contribution in [0.15, 0.2) is 70.5 Å². The molecule has 0 N–H and O–H groups in total. The van der Waals surface area contributed by atoms with Crippen LogP contribution in [-0.4, -0.2) is 44.3 Å². The molecule has 3 rings (SSSR count). The highest BCUT2D eigenvalue weighted by molar-refractivity contribution is 7.87. The van der Waals surface area contributed by atoms with Crippen LogP contribution in [0.3, 0.4) is 0 Å². The zero-order chi connectivity index (χ0) is 41.9. The van der Waals surface area contributed by atoms with Gasteiger partial charge in [-0.2, -0.15) is 16.8 Å². The first-order valence-electron chi connectivity index (χ1n) is 21.4. The normalized spacial score (nSPS) is 11.4. The van der Waals surface area contributed by atoms with Gasteiger partial charge in [0.25, 0.3) is 20.2 Å². The molecule has 0 saturated carbocycles. The van der Waals surface area contributed by atoms with Gasteiger partial charge >= 0.3 is 0 Å². The van der Waals surface area contributed by atoms with Gasteiger partial charge in [0, 0.05) is 34.4 Å². The first-order valence-corrected chi connectivity index (χ1v) is 24.2. The lowest BCUT2D eigenvalue weighted by molar-refractivity contribution is 0.305. The number of benzene rings is 3. The molecule has 0 atom stereocenters. The molecule has 58 heavy (non-hydrogen) atoms. The molecular formula is C48H66O8S2. The average Bonchev–Trinajstić information content (AvgIpc) is 3.23. The summed E-state index contributed by atoms with van der Waals surface area (Å²) in [6, 6.07) is 16.0. The molecule has 0 saturated heterocycles. The second-order valence-electron chi connectivity index (χ2n) is 14.7. The van der Waals surface area contributed by atoms with Crippen molar-refractivity contribution in [2.45, 2.75) is 152 Å². The number of methoxy groups -OCH3 is 2. The van der Waals surface area contributed by atoms with Gasteiger partial charge in [0.05, 0.1) is 37.2 Å². The van der Waals surface area contributed by atoms with E-state index in [1.807, 2.05) is 0 Å². The molecule has 318 valence electrons. The van der Waals surface area contributed by atoms with Crippen LogP contribution in [0.2, 0.25) is 0 Å². The van der Waals surface area contributed by atoms with E-state index in [2.05, 4.69) is 37.5 Å². The average molecular weight is 835 g/mol. The Morgan fingerprint density at radius 2 is 0.707 bits per heavy atom. The van der Waals surface area contributed by atoms with Crippen molar-refractivity contribution in [3.8, 4) is 35.2 Å². The zero-order valence-corrected chi connectivity index (χ0v) is 37.0. The summed E-state index contributed by atoms with van der Waals surface area (Å²) in [5, 5.41) is 0. The smallest absolute Gasteiger partial charge is 0.296 e. The van der Waals surface area contributed by atoms with E-state index in [0.29, 0.717) is 46.6 Å². The van der Waals surface area contributed by atoms with Crippen LogP contribution < -0.4 is 9.47 Å². The fourth-order valence-corrected chi connectivity index (χ4v) is 8.31. The maximum Gasteiger partial charge on any atom is 0.296 e. The SMILES string of the molecule is CCCCCCCCCCCCOS(=O)(=O)c1ccc(C#Cc2cc(OC)c(OC)cc2C#Cc2ccc(S(=O)(=O)OCCCCCCCCCCCC)cc2)cc1. The van der Waals surface area contributed by atoms with Gasteiger partial charge in [0.1, 0.15) is 0 Å². The number of ether oxygens (including phenoxy) is 2. The van der Waals surface area contributed by atoms with Gasteiger partial charge in [-0.25, -0.2) is 0 Å². The van der Waals surface area contributed by atoms with Crippen LogP contribution in [0.1, 0.15) is 165 Å². The Balaban J connectivity index is 1.57. The van der Waals surface area contributed by atoms with E-state index in [1.54, 1.807) is 36.4 Å². The first-order chi connectivity index (χ1) is 28.1. The Labute approximate surface area is 351 Å². The predicted octanol–water partition coefficient (Wildman–Crippen LogP) is 11.8. The molecule has 3 aromatic carbocycles. The summed E-state index contributed by atoms with van der Waals surface area (Å²) >= 11 is 0. The Bertz CT molecular complexity index is 1820. The molecule has 0 aliphatic rings. The lowest BCUT2D eigenvalue weighted by Gasteiger charge is -2.09. The highest BCUT2D eigenvalue weighted by Crippen LogP contribution is 2.30. The fourth-order valence-electron chi connectivity index (χ4n) is 6.43. The van der Waals surface area contributed by atoms with E-state index in [4.69, 9.17) is 17.8 Å². The standard InChI is InChI=1S/C48H66O8S2/c1-5-7-9-11-13-15-17-19-21-23-37-55-57(49,50)45-33-27-41(28-34-45)25-31-43-39-47(53-3)48(54-4)40-44(43)32-26-42-29-35-46(36-30-42)58(51,52)56-38-24-22-20-18-16-14-12-10-8-6-2/h27-30,33-36,39-40H,5-24,37-38H2,1-4H3. The van der Waals surface area contributed by atoms with E-state index in [0.717, 1.165) is 25.7 Å². The predicted molar refractivity (Wildman–Crippen MR) is 234 cm³/mol. The largest absolute Gasteiger partial charge is 0.493 e. The molecule has 0 aliphatic carbocycles. The summed E-state index contributed by atoms with van der Waals surface area (Å²) in [4.78, 5) is 0.171. The van der Waals surface area contributed by atoms with Crippen molar-refractivity contribution >= 4 is 20.2 Å². The van der Waals surface area contributed by atoms with Gasteiger partial charge in [-0.05, 0) is 61.4 Å². The van der Waals surface area contributed by atoms with Crippen molar-refractivity contribution in [3.05, 3.63) is 82.9 Å². The minimum atomic E-state index is -3.87. The van der Waals surface area contributed by atoms with Crippen LogP contribution in [0.5, 0.6) is 11.5 Å². The first kappa shape index (κ1) is 48.6. The van der Waals surface area contributed by atoms with Crippen molar-refractivity contribution in [2.75, 3.05) is 27.4 Å². The molecule has 0 amide bonds. The van der Waals surface area contributed by atoms with Crippen LogP contribution in [-0.2, 0) is 28.6 Å². The number of hydrogen-bond donors (Lipinski definition) is 0. The van der Waals surface area contributed by atoms with E-state index in [9.17, 15) is 16.8 Å². The van der Waals surface area contributed by atoms with Crippen LogP contribution in [0.25, 0.3) is 0 Å². The Hall–Kier alpha value is -3.80. The van der Waals surface area contributed by atoms with E-state index < -0.39 is 20.2 Å². The summed E-state index contributed by atoms with van der Waals surface area (Å²) in [6.07, 6.45) is 23.2. The van der Waals surface area contributed by atoms with E-state index >= 15 is 0 Å². The quantitative estimate of drug-likeness (QED) is 0.0404.